The predicted molar refractivity (Wildman–Crippen MR) is 94.9 cm³/mol. The fourth-order valence-corrected chi connectivity index (χ4v) is 2.14. The molecule has 0 aromatic carbocycles. The number of thioether (sulfide) groups is 1. The van der Waals surface area contributed by atoms with E-state index in [9.17, 15) is 14.4 Å². The molecule has 0 heterocycles. The molecular formula is C16H30N2O5S. The van der Waals surface area contributed by atoms with Gasteiger partial charge in [-0.3, -0.25) is 4.79 Å². The lowest BCUT2D eigenvalue weighted by atomic mass is 9.86. The summed E-state index contributed by atoms with van der Waals surface area (Å²) >= 11 is 0.541. The van der Waals surface area contributed by atoms with Gasteiger partial charge in [-0.25, -0.2) is 9.59 Å². The van der Waals surface area contributed by atoms with Gasteiger partial charge in [-0.1, -0.05) is 20.8 Å². The highest BCUT2D eigenvalue weighted by Gasteiger charge is 2.36. The van der Waals surface area contributed by atoms with Crippen molar-refractivity contribution in [3.8, 4) is 0 Å². The molecule has 0 bridgehead atoms. The number of hydrogen-bond acceptors (Lipinski definition) is 6. The first kappa shape index (κ1) is 17.4. The van der Waals surface area contributed by atoms with E-state index in [4.69, 9.17) is 8.85 Å². The zero-order valence-corrected chi connectivity index (χ0v) is 16.1. The van der Waals surface area contributed by atoms with Gasteiger partial charge in [0.25, 0.3) is 0 Å². The summed E-state index contributed by atoms with van der Waals surface area (Å²) in [5.74, 6) is -1.61. The zero-order valence-electron chi connectivity index (χ0n) is 18.3. The van der Waals surface area contributed by atoms with E-state index in [1.165, 1.54) is 0 Å². The van der Waals surface area contributed by atoms with E-state index in [-0.39, 0.29) is 5.75 Å². The second-order valence-electron chi connectivity index (χ2n) is 7.34. The largest absolute Gasteiger partial charge is 0.467 e. The van der Waals surface area contributed by atoms with Crippen LogP contribution < -0.4 is 10.6 Å². The summed E-state index contributed by atoms with van der Waals surface area (Å²) < 4.78 is 31.5. The molecule has 0 saturated heterocycles. The average Bonchev–Trinajstić information content (AvgIpc) is 2.44. The Hall–Kier alpha value is -1.44. The second kappa shape index (κ2) is 9.15. The van der Waals surface area contributed by atoms with Crippen LogP contribution >= 0.6 is 11.8 Å². The molecule has 0 radical (unpaired) electrons. The van der Waals surface area contributed by atoms with Crippen molar-refractivity contribution in [2.24, 2.45) is 5.41 Å². The van der Waals surface area contributed by atoms with Crippen LogP contribution in [-0.2, 0) is 19.1 Å². The van der Waals surface area contributed by atoms with Crippen LogP contribution in [0.25, 0.3) is 0 Å². The zero-order chi connectivity index (χ0) is 21.6. The summed E-state index contributed by atoms with van der Waals surface area (Å²) in [7, 11) is 1.14. The summed E-state index contributed by atoms with van der Waals surface area (Å²) in [5.41, 5.74) is -1.44. The highest BCUT2D eigenvalue weighted by molar-refractivity contribution is 7.98. The Morgan fingerprint density at radius 3 is 2.12 bits per heavy atom. The van der Waals surface area contributed by atoms with Crippen molar-refractivity contribution in [3.05, 3.63) is 0 Å². The van der Waals surface area contributed by atoms with E-state index >= 15 is 0 Å². The normalized spacial score (nSPS) is 16.7. The first-order chi connectivity index (χ1) is 12.0. The number of alkyl carbamates (subject to hydrolysis) is 1. The van der Waals surface area contributed by atoms with E-state index in [0.717, 1.165) is 7.11 Å². The molecule has 0 saturated carbocycles. The second-order valence-corrected chi connectivity index (χ2v) is 7.96. The van der Waals surface area contributed by atoms with E-state index in [1.54, 1.807) is 41.5 Å². The minimum Gasteiger partial charge on any atom is -0.467 e. The number of ether oxygens (including phenoxy) is 2. The molecular weight excluding hydrogens is 332 g/mol. The fourth-order valence-electron chi connectivity index (χ4n) is 1.75. The third-order valence-electron chi connectivity index (χ3n) is 2.84. The van der Waals surface area contributed by atoms with E-state index < -0.39 is 47.3 Å². The summed E-state index contributed by atoms with van der Waals surface area (Å²) in [6, 6.07) is -2.18. The van der Waals surface area contributed by atoms with Gasteiger partial charge in [0.2, 0.25) is 5.91 Å². The number of amides is 2. The number of carbonyl (C=O) groups excluding carboxylic acids is 3. The lowest BCUT2D eigenvalue weighted by molar-refractivity contribution is -0.144. The SMILES string of the molecule is [2H]C([2H])([2H])SC[C@H](NC(=O)[C@@H](NC(=O)OC(C)(C)C)C(C)(C)C)C(=O)OC. The lowest BCUT2D eigenvalue weighted by Gasteiger charge is -2.32. The first-order valence-electron chi connectivity index (χ1n) is 8.98. The van der Waals surface area contributed by atoms with Crippen molar-refractivity contribution in [2.45, 2.75) is 59.2 Å². The molecule has 0 spiro atoms. The van der Waals surface area contributed by atoms with E-state index in [0.29, 0.717) is 11.8 Å². The third kappa shape index (κ3) is 8.42. The van der Waals surface area contributed by atoms with Gasteiger partial charge in [0.05, 0.1) is 7.11 Å². The average molecular weight is 366 g/mol. The summed E-state index contributed by atoms with van der Waals surface area (Å²) in [6.07, 6.45) is -3.10. The van der Waals surface area contributed by atoms with Crippen LogP contribution in [0.4, 0.5) is 4.79 Å². The molecule has 7 nitrogen and oxygen atoms in total. The molecule has 0 aromatic rings. The number of nitrogens with one attached hydrogen (secondary N) is 2. The number of carbonyl (C=O) groups is 3. The van der Waals surface area contributed by atoms with Crippen molar-refractivity contribution in [3.63, 3.8) is 0 Å². The lowest BCUT2D eigenvalue weighted by Crippen LogP contribution is -2.57. The maximum absolute atomic E-state index is 12.7. The van der Waals surface area contributed by atoms with Crippen LogP contribution in [0.3, 0.4) is 0 Å². The van der Waals surface area contributed by atoms with Crippen molar-refractivity contribution < 1.29 is 28.0 Å². The molecule has 0 aromatic heterocycles. The summed E-state index contributed by atoms with van der Waals surface area (Å²) in [5, 5.41) is 4.97. The number of rotatable bonds is 6. The molecule has 0 rings (SSSR count). The minimum atomic E-state index is -2.32. The highest BCUT2D eigenvalue weighted by Crippen LogP contribution is 2.20. The predicted octanol–water partition coefficient (Wildman–Crippen LogP) is 1.95. The first-order valence-corrected chi connectivity index (χ1v) is 8.46. The van der Waals surface area contributed by atoms with Crippen molar-refractivity contribution in [1.82, 2.24) is 10.6 Å². The molecule has 0 aliphatic carbocycles. The van der Waals surface area contributed by atoms with Crippen molar-refractivity contribution in [2.75, 3.05) is 19.0 Å². The van der Waals surface area contributed by atoms with Gasteiger partial charge >= 0.3 is 12.1 Å². The molecule has 2 amide bonds. The number of hydrogen-bond donors (Lipinski definition) is 2. The van der Waals surface area contributed by atoms with Gasteiger partial charge in [-0.2, -0.15) is 11.8 Å². The Morgan fingerprint density at radius 2 is 1.71 bits per heavy atom. The summed E-state index contributed by atoms with van der Waals surface area (Å²) in [4.78, 5) is 36.7. The van der Waals surface area contributed by atoms with Gasteiger partial charge < -0.3 is 20.1 Å². The van der Waals surface area contributed by atoms with E-state index in [1.807, 2.05) is 0 Å². The molecule has 2 atom stereocenters. The van der Waals surface area contributed by atoms with Gasteiger partial charge in [0.1, 0.15) is 17.7 Å². The van der Waals surface area contributed by atoms with Gasteiger partial charge in [0.15, 0.2) is 0 Å². The molecule has 140 valence electrons. The number of esters is 1. The highest BCUT2D eigenvalue weighted by atomic mass is 32.2. The van der Waals surface area contributed by atoms with Gasteiger partial charge in [0, 0.05) is 9.87 Å². The third-order valence-corrected chi connectivity index (χ3v) is 3.34. The fraction of sp³-hybridized carbons (Fsp3) is 0.812. The van der Waals surface area contributed by atoms with Crippen LogP contribution in [0.2, 0.25) is 0 Å². The number of methoxy groups -OCH3 is 1. The van der Waals surface area contributed by atoms with Gasteiger partial charge in [-0.15, -0.1) is 0 Å². The monoisotopic (exact) mass is 365 g/mol. The standard InChI is InChI=1S/C16H30N2O5S/c1-15(2,3)11(18-14(21)23-16(4,5)6)12(19)17-10(9-24-8)13(20)22-7/h10-11H,9H2,1-8H3,(H,17,19)(H,18,21)/t10-,11+/m0/s1/i8D3. The minimum absolute atomic E-state index is 0.196. The molecule has 0 unspecified atom stereocenters. The van der Waals surface area contributed by atoms with Gasteiger partial charge in [-0.05, 0) is 32.4 Å². The van der Waals surface area contributed by atoms with Crippen molar-refractivity contribution in [1.29, 1.82) is 0 Å². The maximum Gasteiger partial charge on any atom is 0.408 e. The quantitative estimate of drug-likeness (QED) is 0.699. The molecule has 0 fully saturated rings. The van der Waals surface area contributed by atoms with Crippen molar-refractivity contribution >= 4 is 29.7 Å². The topological polar surface area (TPSA) is 93.7 Å². The molecule has 0 aliphatic rings. The Labute approximate surface area is 152 Å². The Balaban J connectivity index is 5.28. The Kier molecular flexibility index (Phi) is 6.63. The van der Waals surface area contributed by atoms with Crippen LogP contribution in [-0.4, -0.2) is 54.7 Å². The van der Waals surface area contributed by atoms with Crippen LogP contribution in [0.5, 0.6) is 0 Å². The maximum atomic E-state index is 12.7. The molecule has 2 N–H and O–H groups in total. The van der Waals surface area contributed by atoms with E-state index in [2.05, 4.69) is 15.4 Å². The van der Waals surface area contributed by atoms with Crippen LogP contribution in [0, 0.1) is 5.41 Å². The Morgan fingerprint density at radius 1 is 1.12 bits per heavy atom. The molecule has 8 heteroatoms. The smallest absolute Gasteiger partial charge is 0.408 e. The van der Waals surface area contributed by atoms with Crippen LogP contribution in [0.1, 0.15) is 45.7 Å². The molecule has 24 heavy (non-hydrogen) atoms. The summed E-state index contributed by atoms with van der Waals surface area (Å²) in [6.45, 7) is 10.3. The van der Waals surface area contributed by atoms with Crippen LogP contribution in [0.15, 0.2) is 0 Å². The molecule has 0 aliphatic heterocycles. The Bertz CT molecular complexity index is 542.